The molecule has 0 aliphatic carbocycles. The fourth-order valence-electron chi connectivity index (χ4n) is 2.22. The van der Waals surface area contributed by atoms with E-state index in [9.17, 15) is 0 Å². The van der Waals surface area contributed by atoms with Gasteiger partial charge >= 0.3 is 0 Å². The standard InChI is InChI=1S/C12H21N3O/c1-10(12-3-5-16-6-4-12)13-7-11-8-14-15(2)9-11/h8-10,12-13H,3-7H2,1-2H3. The minimum absolute atomic E-state index is 0.559. The molecule has 90 valence electrons. The molecule has 1 aromatic rings. The van der Waals surface area contributed by atoms with Gasteiger partial charge in [0, 0.05) is 44.6 Å². The Kier molecular flexibility index (Phi) is 3.96. The SMILES string of the molecule is CC(NCc1cnn(C)c1)C1CCOCC1. The largest absolute Gasteiger partial charge is 0.381 e. The first-order valence-electron chi connectivity index (χ1n) is 6.04. The summed E-state index contributed by atoms with van der Waals surface area (Å²) in [6.45, 7) is 5.02. The molecular formula is C12H21N3O. The zero-order valence-corrected chi connectivity index (χ0v) is 10.1. The molecule has 0 saturated carbocycles. The van der Waals surface area contributed by atoms with E-state index in [4.69, 9.17) is 4.74 Å². The average molecular weight is 223 g/mol. The molecular weight excluding hydrogens is 202 g/mol. The Morgan fingerprint density at radius 3 is 2.94 bits per heavy atom. The van der Waals surface area contributed by atoms with E-state index in [1.165, 1.54) is 18.4 Å². The van der Waals surface area contributed by atoms with Crippen molar-refractivity contribution in [1.82, 2.24) is 15.1 Å². The van der Waals surface area contributed by atoms with Gasteiger partial charge in [0.2, 0.25) is 0 Å². The lowest BCUT2D eigenvalue weighted by Gasteiger charge is -2.28. The van der Waals surface area contributed by atoms with Gasteiger partial charge in [-0.2, -0.15) is 5.10 Å². The number of nitrogens with zero attached hydrogens (tertiary/aromatic N) is 2. The predicted molar refractivity (Wildman–Crippen MR) is 63.1 cm³/mol. The molecule has 2 rings (SSSR count). The van der Waals surface area contributed by atoms with Gasteiger partial charge in [-0.1, -0.05) is 0 Å². The maximum atomic E-state index is 5.37. The van der Waals surface area contributed by atoms with Crippen LogP contribution in [-0.4, -0.2) is 29.0 Å². The molecule has 1 aromatic heterocycles. The minimum atomic E-state index is 0.559. The van der Waals surface area contributed by atoms with Gasteiger partial charge in [0.1, 0.15) is 0 Å². The highest BCUT2D eigenvalue weighted by atomic mass is 16.5. The fraction of sp³-hybridized carbons (Fsp3) is 0.750. The van der Waals surface area contributed by atoms with Gasteiger partial charge < -0.3 is 10.1 Å². The summed E-state index contributed by atoms with van der Waals surface area (Å²) in [5.74, 6) is 0.755. The van der Waals surface area contributed by atoms with Crippen LogP contribution in [0.15, 0.2) is 12.4 Å². The highest BCUT2D eigenvalue weighted by Gasteiger charge is 2.19. The molecule has 2 heterocycles. The highest BCUT2D eigenvalue weighted by Crippen LogP contribution is 2.18. The summed E-state index contributed by atoms with van der Waals surface area (Å²) in [5.41, 5.74) is 1.25. The Morgan fingerprint density at radius 2 is 2.31 bits per heavy atom. The molecule has 0 amide bonds. The first kappa shape index (κ1) is 11.6. The summed E-state index contributed by atoms with van der Waals surface area (Å²) < 4.78 is 7.22. The zero-order chi connectivity index (χ0) is 11.4. The summed E-state index contributed by atoms with van der Waals surface area (Å²) in [6.07, 6.45) is 6.34. The molecule has 1 fully saturated rings. The van der Waals surface area contributed by atoms with Crippen molar-refractivity contribution in [3.8, 4) is 0 Å². The van der Waals surface area contributed by atoms with Crippen molar-refractivity contribution >= 4 is 0 Å². The summed E-state index contributed by atoms with van der Waals surface area (Å²) in [6, 6.07) is 0.559. The zero-order valence-electron chi connectivity index (χ0n) is 10.1. The highest BCUT2D eigenvalue weighted by molar-refractivity contribution is 5.03. The fourth-order valence-corrected chi connectivity index (χ4v) is 2.22. The Morgan fingerprint density at radius 1 is 1.56 bits per heavy atom. The van der Waals surface area contributed by atoms with Crippen LogP contribution in [0, 0.1) is 5.92 Å². The Hall–Kier alpha value is -0.870. The van der Waals surface area contributed by atoms with E-state index in [0.717, 1.165) is 25.7 Å². The average Bonchev–Trinajstić information content (AvgIpc) is 2.73. The third-order valence-electron chi connectivity index (χ3n) is 3.36. The number of hydrogen-bond donors (Lipinski definition) is 1. The third-order valence-corrected chi connectivity index (χ3v) is 3.36. The van der Waals surface area contributed by atoms with E-state index in [-0.39, 0.29) is 0 Å². The molecule has 1 saturated heterocycles. The Labute approximate surface area is 97.0 Å². The van der Waals surface area contributed by atoms with E-state index in [2.05, 4.69) is 23.5 Å². The number of ether oxygens (including phenoxy) is 1. The van der Waals surface area contributed by atoms with Gasteiger partial charge in [0.25, 0.3) is 0 Å². The first-order valence-corrected chi connectivity index (χ1v) is 6.04. The van der Waals surface area contributed by atoms with Crippen LogP contribution in [0.25, 0.3) is 0 Å². The summed E-state index contributed by atoms with van der Waals surface area (Å²) in [5, 5.41) is 7.74. The molecule has 4 heteroatoms. The number of hydrogen-bond acceptors (Lipinski definition) is 3. The van der Waals surface area contributed by atoms with Gasteiger partial charge in [-0.15, -0.1) is 0 Å². The molecule has 4 nitrogen and oxygen atoms in total. The second-order valence-electron chi connectivity index (χ2n) is 4.64. The predicted octanol–water partition coefficient (Wildman–Crippen LogP) is 1.32. The van der Waals surface area contributed by atoms with Crippen LogP contribution in [0.2, 0.25) is 0 Å². The van der Waals surface area contributed by atoms with Gasteiger partial charge in [0.05, 0.1) is 6.20 Å². The molecule has 0 radical (unpaired) electrons. The molecule has 1 atom stereocenters. The van der Waals surface area contributed by atoms with Gasteiger partial charge in [-0.25, -0.2) is 0 Å². The van der Waals surface area contributed by atoms with E-state index in [1.54, 1.807) is 0 Å². The van der Waals surface area contributed by atoms with Crippen LogP contribution in [0.4, 0.5) is 0 Å². The first-order chi connectivity index (χ1) is 7.75. The monoisotopic (exact) mass is 223 g/mol. The maximum Gasteiger partial charge on any atom is 0.0534 e. The molecule has 1 aliphatic rings. The normalized spacial score (nSPS) is 19.9. The van der Waals surface area contributed by atoms with Crippen molar-refractivity contribution in [1.29, 1.82) is 0 Å². The summed E-state index contributed by atoms with van der Waals surface area (Å²) in [7, 11) is 1.95. The minimum Gasteiger partial charge on any atom is -0.381 e. The smallest absolute Gasteiger partial charge is 0.0534 e. The van der Waals surface area contributed by atoms with Crippen molar-refractivity contribution in [3.63, 3.8) is 0 Å². The molecule has 1 N–H and O–H groups in total. The molecule has 0 bridgehead atoms. The number of aromatic nitrogens is 2. The second kappa shape index (κ2) is 5.46. The molecule has 1 unspecified atom stereocenters. The van der Waals surface area contributed by atoms with Crippen LogP contribution in [-0.2, 0) is 18.3 Å². The van der Waals surface area contributed by atoms with E-state index < -0.39 is 0 Å². The van der Waals surface area contributed by atoms with E-state index in [0.29, 0.717) is 6.04 Å². The van der Waals surface area contributed by atoms with Crippen molar-refractivity contribution in [2.24, 2.45) is 13.0 Å². The van der Waals surface area contributed by atoms with Crippen LogP contribution >= 0.6 is 0 Å². The maximum absolute atomic E-state index is 5.37. The topological polar surface area (TPSA) is 39.1 Å². The Balaban J connectivity index is 1.76. The van der Waals surface area contributed by atoms with Crippen molar-refractivity contribution in [2.75, 3.05) is 13.2 Å². The lowest BCUT2D eigenvalue weighted by atomic mass is 9.93. The van der Waals surface area contributed by atoms with Crippen LogP contribution in [0.1, 0.15) is 25.3 Å². The molecule has 0 aromatic carbocycles. The van der Waals surface area contributed by atoms with Crippen molar-refractivity contribution < 1.29 is 4.74 Å². The van der Waals surface area contributed by atoms with Crippen molar-refractivity contribution in [3.05, 3.63) is 18.0 Å². The van der Waals surface area contributed by atoms with E-state index >= 15 is 0 Å². The second-order valence-corrected chi connectivity index (χ2v) is 4.64. The Bertz CT molecular complexity index is 318. The van der Waals surface area contributed by atoms with Crippen LogP contribution < -0.4 is 5.32 Å². The quantitative estimate of drug-likeness (QED) is 0.837. The molecule has 0 spiro atoms. The lowest BCUT2D eigenvalue weighted by molar-refractivity contribution is 0.0558. The van der Waals surface area contributed by atoms with Crippen LogP contribution in [0.3, 0.4) is 0 Å². The summed E-state index contributed by atoms with van der Waals surface area (Å²) >= 11 is 0. The van der Waals surface area contributed by atoms with E-state index in [1.807, 2.05) is 17.9 Å². The summed E-state index contributed by atoms with van der Waals surface area (Å²) in [4.78, 5) is 0. The van der Waals surface area contributed by atoms with Gasteiger partial charge in [0.15, 0.2) is 0 Å². The van der Waals surface area contributed by atoms with Gasteiger partial charge in [-0.3, -0.25) is 4.68 Å². The third kappa shape index (κ3) is 3.06. The molecule has 1 aliphatic heterocycles. The lowest BCUT2D eigenvalue weighted by Crippen LogP contribution is -2.36. The van der Waals surface area contributed by atoms with Gasteiger partial charge in [-0.05, 0) is 25.7 Å². The van der Waals surface area contributed by atoms with Crippen LogP contribution in [0.5, 0.6) is 0 Å². The number of rotatable bonds is 4. The molecule has 16 heavy (non-hydrogen) atoms. The van der Waals surface area contributed by atoms with Crippen molar-refractivity contribution in [2.45, 2.75) is 32.4 Å². The number of nitrogens with one attached hydrogen (secondary N) is 1. The number of aryl methyl sites for hydroxylation is 1.